The molecule has 230 valence electrons. The van der Waals surface area contributed by atoms with Gasteiger partial charge in [-0.3, -0.25) is 23.6 Å². The number of aromatic nitrogens is 2. The number of ketones is 1. The van der Waals surface area contributed by atoms with Gasteiger partial charge in [-0.05, 0) is 48.9 Å². The van der Waals surface area contributed by atoms with Gasteiger partial charge in [0.15, 0.2) is 5.78 Å². The largest absolute Gasteiger partial charge is 0.497 e. The lowest BCUT2D eigenvalue weighted by atomic mass is 10.1. The van der Waals surface area contributed by atoms with E-state index in [1.165, 1.54) is 10.6 Å². The van der Waals surface area contributed by atoms with E-state index in [0.717, 1.165) is 22.3 Å². The third-order valence-corrected chi connectivity index (χ3v) is 8.11. The summed E-state index contributed by atoms with van der Waals surface area (Å²) in [5.41, 5.74) is 6.81. The van der Waals surface area contributed by atoms with Crippen LogP contribution in [-0.4, -0.2) is 59.7 Å². The maximum absolute atomic E-state index is 14.7. The molecule has 0 aliphatic carbocycles. The van der Waals surface area contributed by atoms with Gasteiger partial charge < -0.3 is 15.4 Å². The van der Waals surface area contributed by atoms with Gasteiger partial charge in [0.25, 0.3) is 5.56 Å². The molecule has 3 aromatic carbocycles. The smallest absolute Gasteiger partial charge is 0.331 e. The lowest BCUT2D eigenvalue weighted by Crippen LogP contribution is -2.52. The van der Waals surface area contributed by atoms with Gasteiger partial charge in [-0.1, -0.05) is 36.4 Å². The molecule has 1 aromatic heterocycles. The molecule has 0 radical (unpaired) electrons. The Labute approximate surface area is 253 Å². The molecule has 4 aromatic rings. The highest BCUT2D eigenvalue weighted by molar-refractivity contribution is 5.97. The Morgan fingerprint density at radius 3 is 2.14 bits per heavy atom. The van der Waals surface area contributed by atoms with Gasteiger partial charge >= 0.3 is 5.69 Å². The van der Waals surface area contributed by atoms with E-state index in [0.29, 0.717) is 43.2 Å². The van der Waals surface area contributed by atoms with Crippen molar-refractivity contribution in [1.29, 1.82) is 0 Å². The van der Waals surface area contributed by atoms with E-state index >= 15 is 0 Å². The number of hydrogen-bond acceptors (Lipinski definition) is 7. The van der Waals surface area contributed by atoms with E-state index in [-0.39, 0.29) is 30.1 Å². The van der Waals surface area contributed by atoms with Crippen LogP contribution in [0.2, 0.25) is 0 Å². The van der Waals surface area contributed by atoms with Crippen molar-refractivity contribution >= 4 is 11.5 Å². The molecule has 9 nitrogen and oxygen atoms in total. The molecule has 0 unspecified atom stereocenters. The molecule has 1 aliphatic heterocycles. The molecular weight excluding hydrogens is 568 g/mol. The molecule has 0 spiro atoms. The summed E-state index contributed by atoms with van der Waals surface area (Å²) in [5.74, 6) is -0.937. The van der Waals surface area contributed by atoms with Crippen molar-refractivity contribution < 1.29 is 18.3 Å². The van der Waals surface area contributed by atoms with Gasteiger partial charge in [0.1, 0.15) is 23.1 Å². The zero-order chi connectivity index (χ0) is 31.4. The van der Waals surface area contributed by atoms with Gasteiger partial charge in [-0.2, -0.15) is 0 Å². The van der Waals surface area contributed by atoms with Crippen molar-refractivity contribution in [2.45, 2.75) is 26.1 Å². The van der Waals surface area contributed by atoms with Crippen molar-refractivity contribution in [3.05, 3.63) is 128 Å². The predicted molar refractivity (Wildman–Crippen MR) is 165 cm³/mol. The fourth-order valence-corrected chi connectivity index (χ4v) is 5.54. The quantitative estimate of drug-likeness (QED) is 0.278. The van der Waals surface area contributed by atoms with Gasteiger partial charge in [-0.15, -0.1) is 0 Å². The first kappa shape index (κ1) is 30.8. The number of carbonyl (C=O) groups excluding carboxylic acids is 1. The number of hydrogen-bond donors (Lipinski definition) is 1. The number of nitrogens with two attached hydrogens (primary N) is 1. The maximum atomic E-state index is 14.7. The van der Waals surface area contributed by atoms with Crippen molar-refractivity contribution in [3.8, 4) is 5.75 Å². The SMILES string of the molecule is COc1ccc(C(=O)CN2CCN(c3c(C)n(Cc4c(F)cccc4F)c(=O)n(C[C@H](N)c4ccccc4)c3=O)CC2)cc1. The second-order valence-electron chi connectivity index (χ2n) is 10.9. The Hall–Kier alpha value is -4.61. The van der Waals surface area contributed by atoms with Crippen LogP contribution in [-0.2, 0) is 13.1 Å². The highest BCUT2D eigenvalue weighted by Gasteiger charge is 2.27. The number of Topliss-reactive ketones (excluding diaryl/α,β-unsaturated/α-hetero) is 1. The summed E-state index contributed by atoms with van der Waals surface area (Å²) >= 11 is 0. The van der Waals surface area contributed by atoms with Crippen LogP contribution < -0.4 is 26.6 Å². The molecule has 0 bridgehead atoms. The van der Waals surface area contributed by atoms with Crippen molar-refractivity contribution in [3.63, 3.8) is 0 Å². The monoisotopic (exact) mass is 603 g/mol. The minimum Gasteiger partial charge on any atom is -0.497 e. The summed E-state index contributed by atoms with van der Waals surface area (Å²) in [7, 11) is 1.56. The molecule has 2 N–H and O–H groups in total. The molecule has 1 aliphatic rings. The highest BCUT2D eigenvalue weighted by atomic mass is 19.1. The van der Waals surface area contributed by atoms with Crippen LogP contribution in [0.1, 0.15) is 33.2 Å². The van der Waals surface area contributed by atoms with Gasteiger partial charge in [0, 0.05) is 49.0 Å². The Kier molecular flexibility index (Phi) is 9.36. The standard InChI is InChI=1S/C33H35F2N5O4/c1-22-31(38-17-15-37(16-18-38)21-30(41)24-11-13-25(44-2)14-12-24)32(42)40(20-29(36)23-7-4-3-5-8-23)33(43)39(22)19-26-27(34)9-6-10-28(26)35/h3-14,29H,15-21,36H2,1-2H3/t29-/m0/s1. The minimum absolute atomic E-state index is 0.0324. The van der Waals surface area contributed by atoms with Crippen LogP contribution in [0.3, 0.4) is 0 Å². The zero-order valence-electron chi connectivity index (χ0n) is 24.7. The first-order chi connectivity index (χ1) is 21.2. The average Bonchev–Trinajstić information content (AvgIpc) is 3.03. The number of rotatable bonds is 10. The summed E-state index contributed by atoms with van der Waals surface area (Å²) in [6.07, 6.45) is 0. The molecule has 44 heavy (non-hydrogen) atoms. The van der Waals surface area contributed by atoms with Crippen LogP contribution in [0, 0.1) is 18.6 Å². The van der Waals surface area contributed by atoms with Crippen LogP contribution in [0.25, 0.3) is 0 Å². The summed E-state index contributed by atoms with van der Waals surface area (Å²) in [5, 5.41) is 0. The molecule has 1 atom stereocenters. The Morgan fingerprint density at radius 2 is 1.52 bits per heavy atom. The van der Waals surface area contributed by atoms with Crippen LogP contribution in [0.15, 0.2) is 82.4 Å². The molecule has 0 saturated carbocycles. The van der Waals surface area contributed by atoms with Crippen molar-refractivity contribution in [2.24, 2.45) is 5.73 Å². The summed E-state index contributed by atoms with van der Waals surface area (Å²) in [4.78, 5) is 44.4. The predicted octanol–water partition coefficient (Wildman–Crippen LogP) is 3.36. The van der Waals surface area contributed by atoms with Gasteiger partial charge in [-0.25, -0.2) is 13.6 Å². The fraction of sp³-hybridized carbons (Fsp3) is 0.303. The number of nitrogens with zero attached hydrogens (tertiary/aromatic N) is 4. The van der Waals surface area contributed by atoms with E-state index < -0.39 is 35.5 Å². The lowest BCUT2D eigenvalue weighted by molar-refractivity contribution is 0.0926. The normalized spacial score (nSPS) is 14.4. The average molecular weight is 604 g/mol. The zero-order valence-corrected chi connectivity index (χ0v) is 24.7. The number of ether oxygens (including phenoxy) is 1. The number of halogens is 2. The summed E-state index contributed by atoms with van der Waals surface area (Å²) in [6.45, 7) is 3.10. The van der Waals surface area contributed by atoms with Crippen LogP contribution in [0.4, 0.5) is 14.5 Å². The first-order valence-corrected chi connectivity index (χ1v) is 14.4. The fourth-order valence-electron chi connectivity index (χ4n) is 5.54. The van der Waals surface area contributed by atoms with E-state index in [2.05, 4.69) is 0 Å². The molecule has 0 amide bonds. The second-order valence-corrected chi connectivity index (χ2v) is 10.9. The van der Waals surface area contributed by atoms with Gasteiger partial charge in [0.05, 0.1) is 26.7 Å². The Bertz CT molecular complexity index is 1730. The lowest BCUT2D eigenvalue weighted by Gasteiger charge is -2.36. The van der Waals surface area contributed by atoms with Gasteiger partial charge in [0.2, 0.25) is 0 Å². The van der Waals surface area contributed by atoms with Crippen LogP contribution in [0.5, 0.6) is 5.75 Å². The maximum Gasteiger partial charge on any atom is 0.331 e. The van der Waals surface area contributed by atoms with E-state index in [1.54, 1.807) is 38.3 Å². The van der Waals surface area contributed by atoms with Crippen molar-refractivity contribution in [2.75, 3.05) is 44.7 Å². The van der Waals surface area contributed by atoms with Crippen LogP contribution >= 0.6 is 0 Å². The Balaban J connectivity index is 1.44. The second kappa shape index (κ2) is 13.4. The Morgan fingerprint density at radius 1 is 0.886 bits per heavy atom. The molecule has 2 heterocycles. The molecule has 11 heteroatoms. The van der Waals surface area contributed by atoms with E-state index in [4.69, 9.17) is 10.5 Å². The minimum atomic E-state index is -0.785. The summed E-state index contributed by atoms with van der Waals surface area (Å²) < 4.78 is 36.8. The number of carbonyl (C=O) groups is 1. The summed E-state index contributed by atoms with van der Waals surface area (Å²) in [6, 6.07) is 18.9. The molecule has 1 saturated heterocycles. The third kappa shape index (κ3) is 6.48. The number of anilines is 1. The highest BCUT2D eigenvalue weighted by Crippen LogP contribution is 2.21. The molecule has 1 fully saturated rings. The topological polar surface area (TPSA) is 103 Å². The third-order valence-electron chi connectivity index (χ3n) is 8.11. The number of benzene rings is 3. The van der Waals surface area contributed by atoms with E-state index in [1.807, 2.05) is 40.1 Å². The van der Waals surface area contributed by atoms with E-state index in [9.17, 15) is 23.2 Å². The molecular formula is C33H35F2N5O4. The number of piperazine rings is 1. The van der Waals surface area contributed by atoms with Crippen molar-refractivity contribution in [1.82, 2.24) is 14.0 Å². The molecule has 5 rings (SSSR count). The number of methoxy groups -OCH3 is 1. The first-order valence-electron chi connectivity index (χ1n) is 14.4.